The number of aromatic nitrogens is 2. The molecule has 0 aliphatic carbocycles. The number of para-hydroxylation sites is 1. The third-order valence-corrected chi connectivity index (χ3v) is 6.55. The molecule has 2 heterocycles. The minimum atomic E-state index is -0.124. The first-order chi connectivity index (χ1) is 17.4. The van der Waals surface area contributed by atoms with E-state index in [9.17, 15) is 4.79 Å². The molecule has 0 spiro atoms. The largest absolute Gasteiger partial charge is 0.348 e. The van der Waals surface area contributed by atoms with E-state index in [2.05, 4.69) is 90.1 Å². The molecule has 0 saturated heterocycles. The molecule has 2 aromatic carbocycles. The van der Waals surface area contributed by atoms with E-state index in [4.69, 9.17) is 0 Å². The Labute approximate surface area is 214 Å². The van der Waals surface area contributed by atoms with Crippen LogP contribution < -0.4 is 5.32 Å². The van der Waals surface area contributed by atoms with Crippen molar-refractivity contribution in [3.8, 4) is 5.69 Å². The minimum absolute atomic E-state index is 0.124. The van der Waals surface area contributed by atoms with Crippen LogP contribution >= 0.6 is 0 Å². The molecule has 0 fully saturated rings. The van der Waals surface area contributed by atoms with Crippen LogP contribution in [0, 0.1) is 0 Å². The number of pyridine rings is 1. The molecule has 2 aromatic heterocycles. The first kappa shape index (κ1) is 25.4. The van der Waals surface area contributed by atoms with Crippen LogP contribution in [0.15, 0.2) is 85.3 Å². The standard InChI is InChI=1S/C31H36N4O/c1-23(2)34(24(3)4)19-17-27-22-35(30-10-6-5-9-29(27)30)28-14-11-25(12-15-28)13-16-31(36)33-21-26-8-7-18-32-20-26/h5-16,18,20,22-24H,17,19,21H2,1-4H3,(H,33,36). The Kier molecular flexibility index (Phi) is 8.34. The summed E-state index contributed by atoms with van der Waals surface area (Å²) in [6, 6.07) is 21.8. The Morgan fingerprint density at radius 2 is 1.75 bits per heavy atom. The molecule has 0 radical (unpaired) electrons. The number of hydrogen-bond donors (Lipinski definition) is 1. The molecule has 0 saturated carbocycles. The highest BCUT2D eigenvalue weighted by Gasteiger charge is 2.15. The number of hydrogen-bond acceptors (Lipinski definition) is 3. The second-order valence-corrected chi connectivity index (χ2v) is 9.72. The molecule has 1 N–H and O–H groups in total. The highest BCUT2D eigenvalue weighted by molar-refractivity contribution is 5.91. The monoisotopic (exact) mass is 480 g/mol. The summed E-state index contributed by atoms with van der Waals surface area (Å²) in [5, 5.41) is 4.19. The van der Waals surface area contributed by atoms with Gasteiger partial charge in [-0.25, -0.2) is 0 Å². The number of fused-ring (bicyclic) bond motifs is 1. The number of nitrogens with one attached hydrogen (secondary N) is 1. The molecule has 36 heavy (non-hydrogen) atoms. The van der Waals surface area contributed by atoms with Crippen molar-refractivity contribution in [2.24, 2.45) is 0 Å². The third kappa shape index (κ3) is 6.29. The molecule has 5 nitrogen and oxygen atoms in total. The molecule has 4 rings (SSSR count). The lowest BCUT2D eigenvalue weighted by Gasteiger charge is -2.30. The van der Waals surface area contributed by atoms with Crippen molar-refractivity contribution in [3.63, 3.8) is 0 Å². The molecule has 186 valence electrons. The van der Waals surface area contributed by atoms with Gasteiger partial charge in [0.1, 0.15) is 0 Å². The van der Waals surface area contributed by atoms with E-state index in [1.165, 1.54) is 16.5 Å². The Balaban J connectivity index is 1.46. The predicted octanol–water partition coefficient (Wildman–Crippen LogP) is 6.02. The smallest absolute Gasteiger partial charge is 0.244 e. The van der Waals surface area contributed by atoms with Gasteiger partial charge in [0.15, 0.2) is 0 Å². The van der Waals surface area contributed by atoms with Gasteiger partial charge in [0.25, 0.3) is 0 Å². The summed E-state index contributed by atoms with van der Waals surface area (Å²) in [6.45, 7) is 10.6. The van der Waals surface area contributed by atoms with Crippen molar-refractivity contribution in [1.29, 1.82) is 0 Å². The zero-order chi connectivity index (χ0) is 25.5. The molecule has 0 atom stereocenters. The SMILES string of the molecule is CC(C)N(CCc1cn(-c2ccc(C=CC(=O)NCc3cccnc3)cc2)c2ccccc12)C(C)C. The van der Waals surface area contributed by atoms with Gasteiger partial charge in [0.05, 0.1) is 5.52 Å². The van der Waals surface area contributed by atoms with Gasteiger partial charge in [-0.1, -0.05) is 36.4 Å². The Morgan fingerprint density at radius 1 is 1.00 bits per heavy atom. The van der Waals surface area contributed by atoms with Gasteiger partial charge in [0, 0.05) is 60.9 Å². The minimum Gasteiger partial charge on any atom is -0.348 e. The molecular formula is C31H36N4O. The average Bonchev–Trinajstić information content (AvgIpc) is 3.25. The number of amides is 1. The van der Waals surface area contributed by atoms with Crippen molar-refractivity contribution in [2.45, 2.75) is 52.7 Å². The lowest BCUT2D eigenvalue weighted by molar-refractivity contribution is -0.116. The van der Waals surface area contributed by atoms with Crippen LogP contribution in [0.5, 0.6) is 0 Å². The maximum atomic E-state index is 12.2. The third-order valence-electron chi connectivity index (χ3n) is 6.55. The second-order valence-electron chi connectivity index (χ2n) is 9.72. The first-order valence-electron chi connectivity index (χ1n) is 12.7. The topological polar surface area (TPSA) is 50.2 Å². The van der Waals surface area contributed by atoms with Crippen molar-refractivity contribution < 1.29 is 4.79 Å². The molecular weight excluding hydrogens is 444 g/mol. The summed E-state index contributed by atoms with van der Waals surface area (Å²) in [4.78, 5) is 18.8. The predicted molar refractivity (Wildman–Crippen MR) is 149 cm³/mol. The van der Waals surface area contributed by atoms with E-state index in [0.717, 1.165) is 29.8 Å². The zero-order valence-electron chi connectivity index (χ0n) is 21.7. The summed E-state index contributed by atoms with van der Waals surface area (Å²) in [5.74, 6) is -0.124. The van der Waals surface area contributed by atoms with Crippen molar-refractivity contribution in [1.82, 2.24) is 19.8 Å². The fraction of sp³-hybridized carbons (Fsp3) is 0.290. The lowest BCUT2D eigenvalue weighted by Crippen LogP contribution is -2.38. The van der Waals surface area contributed by atoms with E-state index in [0.29, 0.717) is 18.6 Å². The highest BCUT2D eigenvalue weighted by Crippen LogP contribution is 2.26. The van der Waals surface area contributed by atoms with Crippen molar-refractivity contribution in [2.75, 3.05) is 6.54 Å². The molecule has 0 unspecified atom stereocenters. The summed E-state index contributed by atoms with van der Waals surface area (Å²) < 4.78 is 2.27. The Hall–Kier alpha value is -3.70. The number of nitrogens with zero attached hydrogens (tertiary/aromatic N) is 3. The Morgan fingerprint density at radius 3 is 2.44 bits per heavy atom. The van der Waals surface area contributed by atoms with Gasteiger partial charge in [-0.2, -0.15) is 0 Å². The number of rotatable bonds is 10. The highest BCUT2D eigenvalue weighted by atomic mass is 16.1. The maximum Gasteiger partial charge on any atom is 0.244 e. The van der Waals surface area contributed by atoms with Gasteiger partial charge in [-0.15, -0.1) is 0 Å². The van der Waals surface area contributed by atoms with Crippen LogP contribution in [0.2, 0.25) is 0 Å². The molecule has 0 aliphatic heterocycles. The maximum absolute atomic E-state index is 12.2. The van der Waals surface area contributed by atoms with Crippen LogP contribution in [0.4, 0.5) is 0 Å². The quantitative estimate of drug-likeness (QED) is 0.283. The Bertz CT molecular complexity index is 1300. The average molecular weight is 481 g/mol. The normalized spacial score (nSPS) is 11.9. The fourth-order valence-corrected chi connectivity index (χ4v) is 4.69. The first-order valence-corrected chi connectivity index (χ1v) is 12.7. The summed E-state index contributed by atoms with van der Waals surface area (Å²) in [5.41, 5.74) is 5.65. The molecule has 5 heteroatoms. The van der Waals surface area contributed by atoms with Crippen molar-refractivity contribution in [3.05, 3.63) is 102 Å². The van der Waals surface area contributed by atoms with Crippen LogP contribution in [-0.2, 0) is 17.8 Å². The van der Waals surface area contributed by atoms with E-state index < -0.39 is 0 Å². The summed E-state index contributed by atoms with van der Waals surface area (Å²) in [6.07, 6.45) is 10.2. The summed E-state index contributed by atoms with van der Waals surface area (Å²) in [7, 11) is 0. The van der Waals surface area contributed by atoms with Gasteiger partial charge in [-0.3, -0.25) is 14.7 Å². The van der Waals surface area contributed by atoms with E-state index >= 15 is 0 Å². The molecule has 0 aliphatic rings. The van der Waals surface area contributed by atoms with Crippen LogP contribution in [0.1, 0.15) is 44.4 Å². The van der Waals surface area contributed by atoms with Crippen molar-refractivity contribution >= 4 is 22.9 Å². The number of carbonyl (C=O) groups excluding carboxylic acids is 1. The molecule has 0 bridgehead atoms. The molecule has 4 aromatic rings. The van der Waals surface area contributed by atoms with Gasteiger partial charge >= 0.3 is 0 Å². The van der Waals surface area contributed by atoms with Gasteiger partial charge in [0.2, 0.25) is 5.91 Å². The van der Waals surface area contributed by atoms with E-state index in [1.54, 1.807) is 18.5 Å². The summed E-state index contributed by atoms with van der Waals surface area (Å²) >= 11 is 0. The van der Waals surface area contributed by atoms with Crippen LogP contribution in [-0.4, -0.2) is 39.0 Å². The zero-order valence-corrected chi connectivity index (χ0v) is 21.7. The van der Waals surface area contributed by atoms with E-state index in [1.807, 2.05) is 30.3 Å². The van der Waals surface area contributed by atoms with Crippen LogP contribution in [0.25, 0.3) is 22.7 Å². The van der Waals surface area contributed by atoms with Gasteiger partial charge in [-0.05, 0) is 81.1 Å². The molecule has 1 amide bonds. The van der Waals surface area contributed by atoms with Gasteiger partial charge < -0.3 is 9.88 Å². The van der Waals surface area contributed by atoms with Crippen LogP contribution in [0.3, 0.4) is 0 Å². The van der Waals surface area contributed by atoms with E-state index in [-0.39, 0.29) is 5.91 Å². The number of benzene rings is 2. The second kappa shape index (κ2) is 11.8. The number of carbonyl (C=O) groups is 1. The fourth-order valence-electron chi connectivity index (χ4n) is 4.69. The lowest BCUT2D eigenvalue weighted by atomic mass is 10.1.